The number of halogens is 2. The first-order valence-corrected chi connectivity index (χ1v) is 7.54. The van der Waals surface area contributed by atoms with Gasteiger partial charge in [0.2, 0.25) is 0 Å². The van der Waals surface area contributed by atoms with E-state index in [1.807, 2.05) is 0 Å². The molecule has 0 radical (unpaired) electrons. The Labute approximate surface area is 129 Å². The Morgan fingerprint density at radius 3 is 2.75 bits per heavy atom. The molecule has 1 aliphatic carbocycles. The molecule has 1 saturated carbocycles. The molecule has 0 saturated heterocycles. The van der Waals surface area contributed by atoms with E-state index < -0.39 is 5.97 Å². The van der Waals surface area contributed by atoms with Gasteiger partial charge in [0.1, 0.15) is 11.3 Å². The third-order valence-corrected chi connectivity index (χ3v) is 4.17. The first-order valence-electron chi connectivity index (χ1n) is 6.79. The first kappa shape index (κ1) is 15.6. The summed E-state index contributed by atoms with van der Waals surface area (Å²) >= 11 is 11.8. The number of rotatable bonds is 2. The van der Waals surface area contributed by atoms with E-state index in [2.05, 4.69) is 25.8 Å². The number of pyridine rings is 1. The van der Waals surface area contributed by atoms with Gasteiger partial charge in [0.25, 0.3) is 0 Å². The summed E-state index contributed by atoms with van der Waals surface area (Å²) in [4.78, 5) is 16.0. The van der Waals surface area contributed by atoms with Crippen molar-refractivity contribution in [3.05, 3.63) is 28.0 Å². The van der Waals surface area contributed by atoms with Crippen molar-refractivity contribution in [2.45, 2.75) is 46.1 Å². The van der Waals surface area contributed by atoms with Crippen molar-refractivity contribution >= 4 is 29.2 Å². The molecule has 1 fully saturated rings. The topological polar surface area (TPSA) is 39.2 Å². The van der Waals surface area contributed by atoms with Gasteiger partial charge in [-0.3, -0.25) is 0 Å². The lowest BCUT2D eigenvalue weighted by Gasteiger charge is -2.38. The third-order valence-electron chi connectivity index (χ3n) is 3.66. The molecule has 1 aromatic rings. The zero-order valence-corrected chi connectivity index (χ0v) is 13.5. The SMILES string of the molecule is CC1CC(OC(=O)c2cc(Cl)ncc2Cl)CC(C)(C)C1. The van der Waals surface area contributed by atoms with Gasteiger partial charge in [0, 0.05) is 6.20 Å². The van der Waals surface area contributed by atoms with Gasteiger partial charge in [-0.05, 0) is 36.7 Å². The predicted molar refractivity (Wildman–Crippen MR) is 80.3 cm³/mol. The molecule has 2 rings (SSSR count). The molecule has 0 spiro atoms. The molecule has 1 heterocycles. The maximum absolute atomic E-state index is 12.2. The summed E-state index contributed by atoms with van der Waals surface area (Å²) < 4.78 is 5.61. The van der Waals surface area contributed by atoms with Gasteiger partial charge in [0.05, 0.1) is 10.6 Å². The maximum atomic E-state index is 12.2. The standard InChI is InChI=1S/C15H19Cl2NO2/c1-9-4-10(7-15(2,3)6-9)20-14(19)11-5-13(17)18-8-12(11)16/h5,8-10H,4,6-7H2,1-3H3. The second-order valence-corrected chi connectivity index (χ2v) is 7.22. The molecule has 0 bridgehead atoms. The van der Waals surface area contributed by atoms with E-state index >= 15 is 0 Å². The second kappa shape index (κ2) is 5.90. The van der Waals surface area contributed by atoms with Crippen LogP contribution in [-0.2, 0) is 4.74 Å². The number of aromatic nitrogens is 1. The molecule has 0 amide bonds. The van der Waals surface area contributed by atoms with Crippen LogP contribution < -0.4 is 0 Å². The van der Waals surface area contributed by atoms with Crippen LogP contribution in [-0.4, -0.2) is 17.1 Å². The van der Waals surface area contributed by atoms with Crippen molar-refractivity contribution in [2.24, 2.45) is 11.3 Å². The van der Waals surface area contributed by atoms with E-state index in [4.69, 9.17) is 27.9 Å². The molecule has 2 unspecified atom stereocenters. The van der Waals surface area contributed by atoms with Crippen LogP contribution in [0.3, 0.4) is 0 Å². The lowest BCUT2D eigenvalue weighted by molar-refractivity contribution is -0.00713. The summed E-state index contributed by atoms with van der Waals surface area (Å²) in [6.45, 7) is 6.61. The lowest BCUT2D eigenvalue weighted by Crippen LogP contribution is -2.34. The van der Waals surface area contributed by atoms with Crippen LogP contribution in [0.5, 0.6) is 0 Å². The van der Waals surface area contributed by atoms with Gasteiger partial charge in [-0.25, -0.2) is 9.78 Å². The molecule has 5 heteroatoms. The number of hydrogen-bond acceptors (Lipinski definition) is 3. The normalized spacial score (nSPS) is 25.2. The van der Waals surface area contributed by atoms with Crippen molar-refractivity contribution in [3.63, 3.8) is 0 Å². The molecule has 3 nitrogen and oxygen atoms in total. The zero-order chi connectivity index (χ0) is 14.9. The fraction of sp³-hybridized carbons (Fsp3) is 0.600. The van der Waals surface area contributed by atoms with Gasteiger partial charge in [-0.1, -0.05) is 44.0 Å². The smallest absolute Gasteiger partial charge is 0.340 e. The highest BCUT2D eigenvalue weighted by Gasteiger charge is 2.34. The molecule has 0 aliphatic heterocycles. The van der Waals surface area contributed by atoms with Crippen LogP contribution >= 0.6 is 23.2 Å². The number of carbonyl (C=O) groups excluding carboxylic acids is 1. The number of carbonyl (C=O) groups is 1. The highest BCUT2D eigenvalue weighted by Crippen LogP contribution is 2.40. The summed E-state index contributed by atoms with van der Waals surface area (Å²) in [7, 11) is 0. The summed E-state index contributed by atoms with van der Waals surface area (Å²) in [6, 6.07) is 1.45. The summed E-state index contributed by atoms with van der Waals surface area (Å²) in [5.41, 5.74) is 0.477. The average Bonchev–Trinajstić information content (AvgIpc) is 2.29. The van der Waals surface area contributed by atoms with E-state index in [1.54, 1.807) is 0 Å². The van der Waals surface area contributed by atoms with Crippen LogP contribution in [0.1, 0.15) is 50.4 Å². The van der Waals surface area contributed by atoms with Crippen LogP contribution in [0, 0.1) is 11.3 Å². The van der Waals surface area contributed by atoms with Gasteiger partial charge in [-0.2, -0.15) is 0 Å². The summed E-state index contributed by atoms with van der Waals surface area (Å²) in [5.74, 6) is 0.127. The van der Waals surface area contributed by atoms with Crippen LogP contribution in [0.2, 0.25) is 10.2 Å². The predicted octanol–water partition coefficient (Wildman–Crippen LogP) is 4.76. The zero-order valence-electron chi connectivity index (χ0n) is 12.0. The van der Waals surface area contributed by atoms with Crippen molar-refractivity contribution in [1.82, 2.24) is 4.98 Å². The minimum Gasteiger partial charge on any atom is -0.459 e. The number of esters is 1. The molecule has 110 valence electrons. The van der Waals surface area contributed by atoms with Crippen LogP contribution in [0.15, 0.2) is 12.3 Å². The van der Waals surface area contributed by atoms with Gasteiger partial charge in [-0.15, -0.1) is 0 Å². The molecule has 0 aromatic carbocycles. The number of hydrogen-bond donors (Lipinski definition) is 0. The van der Waals surface area contributed by atoms with Crippen molar-refractivity contribution in [2.75, 3.05) is 0 Å². The Kier molecular flexibility index (Phi) is 4.60. The quantitative estimate of drug-likeness (QED) is 0.583. The Hall–Kier alpha value is -0.800. The fourth-order valence-corrected chi connectivity index (χ4v) is 3.47. The molecule has 2 atom stereocenters. The Morgan fingerprint density at radius 1 is 1.40 bits per heavy atom. The Morgan fingerprint density at radius 2 is 2.10 bits per heavy atom. The highest BCUT2D eigenvalue weighted by atomic mass is 35.5. The highest BCUT2D eigenvalue weighted by molar-refractivity contribution is 6.34. The Balaban J connectivity index is 2.09. The lowest BCUT2D eigenvalue weighted by atomic mass is 9.71. The van der Waals surface area contributed by atoms with Crippen LogP contribution in [0.25, 0.3) is 0 Å². The van der Waals surface area contributed by atoms with Crippen molar-refractivity contribution in [1.29, 1.82) is 0 Å². The molecule has 1 aliphatic rings. The van der Waals surface area contributed by atoms with E-state index in [9.17, 15) is 4.79 Å². The maximum Gasteiger partial charge on any atom is 0.340 e. The fourth-order valence-electron chi connectivity index (χ4n) is 3.13. The second-order valence-electron chi connectivity index (χ2n) is 6.43. The van der Waals surface area contributed by atoms with E-state index in [0.717, 1.165) is 19.3 Å². The molecule has 1 aromatic heterocycles. The number of ether oxygens (including phenoxy) is 1. The average molecular weight is 316 g/mol. The third kappa shape index (κ3) is 3.86. The summed E-state index contributed by atoms with van der Waals surface area (Å²) in [5, 5.41) is 0.501. The Bertz CT molecular complexity index is 517. The van der Waals surface area contributed by atoms with Crippen molar-refractivity contribution < 1.29 is 9.53 Å². The first-order chi connectivity index (χ1) is 9.27. The largest absolute Gasteiger partial charge is 0.459 e. The van der Waals surface area contributed by atoms with Gasteiger partial charge < -0.3 is 4.74 Å². The van der Waals surface area contributed by atoms with Crippen molar-refractivity contribution in [3.8, 4) is 0 Å². The minimum absolute atomic E-state index is 0.0655. The molecular formula is C15H19Cl2NO2. The molecule has 20 heavy (non-hydrogen) atoms. The van der Waals surface area contributed by atoms with E-state index in [1.165, 1.54) is 12.3 Å². The molecule has 0 N–H and O–H groups in total. The number of nitrogens with zero attached hydrogens (tertiary/aromatic N) is 1. The summed E-state index contributed by atoms with van der Waals surface area (Å²) in [6.07, 6.45) is 4.23. The van der Waals surface area contributed by atoms with Gasteiger partial charge >= 0.3 is 5.97 Å². The van der Waals surface area contributed by atoms with Gasteiger partial charge in [0.15, 0.2) is 0 Å². The minimum atomic E-state index is -0.422. The molecular weight excluding hydrogens is 297 g/mol. The van der Waals surface area contributed by atoms with E-state index in [0.29, 0.717) is 5.92 Å². The monoisotopic (exact) mass is 315 g/mol. The van der Waals surface area contributed by atoms with E-state index in [-0.39, 0.29) is 27.3 Å². The van der Waals surface area contributed by atoms with Crippen LogP contribution in [0.4, 0.5) is 0 Å².